The number of halogens is 3. The number of hydrogen-bond donors (Lipinski definition) is 3. The molecule has 0 spiro atoms. The number of benzene rings is 1. The van der Waals surface area contributed by atoms with E-state index >= 15 is 0 Å². The van der Waals surface area contributed by atoms with E-state index in [0.29, 0.717) is 17.8 Å². The summed E-state index contributed by atoms with van der Waals surface area (Å²) in [5.74, 6) is 0.116. The third-order valence-electron chi connectivity index (χ3n) is 3.74. The van der Waals surface area contributed by atoms with Gasteiger partial charge in [-0.25, -0.2) is 4.79 Å². The number of aryl methyl sites for hydroxylation is 1. The Kier molecular flexibility index (Phi) is 5.03. The second-order valence-corrected chi connectivity index (χ2v) is 5.85. The highest BCUT2D eigenvalue weighted by Crippen LogP contribution is 2.44. The smallest absolute Gasteiger partial charge is 0.422 e. The Morgan fingerprint density at radius 2 is 2.09 bits per heavy atom. The van der Waals surface area contributed by atoms with Gasteiger partial charge in [-0.1, -0.05) is 0 Å². The molecule has 0 bridgehead atoms. The Labute approximate surface area is 131 Å². The third kappa shape index (κ3) is 5.31. The van der Waals surface area contributed by atoms with E-state index in [1.165, 1.54) is 18.2 Å². The molecular weight excluding hydrogens is 313 g/mol. The monoisotopic (exact) mass is 332 g/mol. The van der Waals surface area contributed by atoms with Gasteiger partial charge in [0, 0.05) is 17.6 Å². The van der Waals surface area contributed by atoms with Crippen LogP contribution in [0.1, 0.15) is 18.4 Å². The second-order valence-electron chi connectivity index (χ2n) is 5.85. The van der Waals surface area contributed by atoms with Crippen molar-refractivity contribution in [1.82, 2.24) is 5.32 Å². The molecule has 2 rings (SSSR count). The van der Waals surface area contributed by atoms with Crippen LogP contribution in [0.4, 0.5) is 23.7 Å². The minimum atomic E-state index is -4.39. The van der Waals surface area contributed by atoms with Crippen LogP contribution >= 0.6 is 0 Å². The van der Waals surface area contributed by atoms with E-state index in [-0.39, 0.29) is 17.8 Å². The summed E-state index contributed by atoms with van der Waals surface area (Å²) in [7, 11) is 0. The number of nitrogens with one attached hydrogen (secondary N) is 2. The molecule has 1 aromatic rings. The maximum Gasteiger partial charge on any atom is 0.422 e. The Balaban J connectivity index is 1.86. The van der Waals surface area contributed by atoms with Gasteiger partial charge in [0.2, 0.25) is 0 Å². The van der Waals surface area contributed by atoms with Gasteiger partial charge in [0.25, 0.3) is 0 Å². The lowest BCUT2D eigenvalue weighted by atomic mass is 10.1. The van der Waals surface area contributed by atoms with Crippen LogP contribution in [0.5, 0.6) is 5.75 Å². The van der Waals surface area contributed by atoms with E-state index < -0.39 is 18.8 Å². The van der Waals surface area contributed by atoms with Gasteiger partial charge in [-0.15, -0.1) is 0 Å². The number of aliphatic hydroxyl groups excluding tert-OH is 1. The van der Waals surface area contributed by atoms with E-state index in [1.807, 2.05) is 0 Å². The third-order valence-corrected chi connectivity index (χ3v) is 3.74. The predicted molar refractivity (Wildman–Crippen MR) is 78.5 cm³/mol. The minimum absolute atomic E-state index is 0.0393. The number of ether oxygens (including phenoxy) is 1. The molecular formula is C15H19F3N2O3. The second kappa shape index (κ2) is 6.66. The summed E-state index contributed by atoms with van der Waals surface area (Å²) in [5.41, 5.74) is 0.747. The lowest BCUT2D eigenvalue weighted by Gasteiger charge is -2.15. The molecule has 0 saturated heterocycles. The van der Waals surface area contributed by atoms with Crippen LogP contribution in [0.2, 0.25) is 0 Å². The molecule has 0 heterocycles. The molecule has 1 aromatic carbocycles. The molecule has 0 unspecified atom stereocenters. The summed E-state index contributed by atoms with van der Waals surface area (Å²) in [6.07, 6.45) is -2.63. The Morgan fingerprint density at radius 1 is 1.39 bits per heavy atom. The molecule has 1 aliphatic carbocycles. The van der Waals surface area contributed by atoms with Crippen molar-refractivity contribution in [2.75, 3.05) is 25.1 Å². The summed E-state index contributed by atoms with van der Waals surface area (Å²) in [6.45, 7) is 0.669. The highest BCUT2D eigenvalue weighted by molar-refractivity contribution is 5.89. The highest BCUT2D eigenvalue weighted by atomic mass is 19.4. The summed E-state index contributed by atoms with van der Waals surface area (Å²) < 4.78 is 41.1. The zero-order valence-corrected chi connectivity index (χ0v) is 12.7. The molecule has 1 saturated carbocycles. The number of aliphatic hydroxyl groups is 1. The first-order chi connectivity index (χ1) is 10.7. The van der Waals surface area contributed by atoms with E-state index in [4.69, 9.17) is 9.84 Å². The molecule has 0 aliphatic heterocycles. The molecule has 5 nitrogen and oxygen atoms in total. The standard InChI is InChI=1S/C15H19F3N2O3/c1-10-6-11(2-3-12(10)23-9-15(16,17)18)20-13(22)19-7-14(8-21)4-5-14/h2-3,6,21H,4-5,7-9H2,1H3,(H2,19,20,22). The van der Waals surface area contributed by atoms with Crippen molar-refractivity contribution >= 4 is 11.7 Å². The molecule has 1 aliphatic rings. The van der Waals surface area contributed by atoms with Crippen LogP contribution < -0.4 is 15.4 Å². The van der Waals surface area contributed by atoms with Gasteiger partial charge >= 0.3 is 12.2 Å². The van der Waals surface area contributed by atoms with Gasteiger partial charge in [-0.2, -0.15) is 13.2 Å². The summed E-state index contributed by atoms with van der Waals surface area (Å²) in [6, 6.07) is 3.96. The SMILES string of the molecule is Cc1cc(NC(=O)NCC2(CO)CC2)ccc1OCC(F)(F)F. The van der Waals surface area contributed by atoms with Crippen molar-refractivity contribution in [3.05, 3.63) is 23.8 Å². The number of rotatable bonds is 6. The molecule has 1 fully saturated rings. The maximum atomic E-state index is 12.1. The molecule has 0 aromatic heterocycles. The van der Waals surface area contributed by atoms with Gasteiger partial charge in [0.05, 0.1) is 6.61 Å². The van der Waals surface area contributed by atoms with Gasteiger partial charge in [-0.3, -0.25) is 0 Å². The van der Waals surface area contributed by atoms with Crippen molar-refractivity contribution < 1.29 is 27.8 Å². The highest BCUT2D eigenvalue weighted by Gasteiger charge is 2.42. The van der Waals surface area contributed by atoms with Gasteiger partial charge < -0.3 is 20.5 Å². The minimum Gasteiger partial charge on any atom is -0.484 e. The zero-order valence-electron chi connectivity index (χ0n) is 12.7. The van der Waals surface area contributed by atoms with E-state index in [2.05, 4.69) is 10.6 Å². The first kappa shape index (κ1) is 17.4. The van der Waals surface area contributed by atoms with Crippen molar-refractivity contribution in [2.24, 2.45) is 5.41 Å². The fourth-order valence-electron chi connectivity index (χ4n) is 2.06. The van der Waals surface area contributed by atoms with Crippen LogP contribution in [0.15, 0.2) is 18.2 Å². The summed E-state index contributed by atoms with van der Waals surface area (Å²) in [5, 5.41) is 14.4. The van der Waals surface area contributed by atoms with Crippen LogP contribution in [0.25, 0.3) is 0 Å². The number of hydrogen-bond acceptors (Lipinski definition) is 3. The lowest BCUT2D eigenvalue weighted by Crippen LogP contribution is -2.35. The molecule has 23 heavy (non-hydrogen) atoms. The van der Waals surface area contributed by atoms with E-state index in [9.17, 15) is 18.0 Å². The van der Waals surface area contributed by atoms with Gasteiger partial charge in [0.15, 0.2) is 6.61 Å². The van der Waals surface area contributed by atoms with Crippen LogP contribution in [-0.2, 0) is 0 Å². The Morgan fingerprint density at radius 3 is 2.61 bits per heavy atom. The average molecular weight is 332 g/mol. The molecule has 128 valence electrons. The quantitative estimate of drug-likeness (QED) is 0.750. The van der Waals surface area contributed by atoms with Crippen LogP contribution in [-0.4, -0.2) is 37.1 Å². The average Bonchev–Trinajstić information content (AvgIpc) is 3.24. The van der Waals surface area contributed by atoms with E-state index in [0.717, 1.165) is 12.8 Å². The lowest BCUT2D eigenvalue weighted by molar-refractivity contribution is -0.153. The van der Waals surface area contributed by atoms with Crippen LogP contribution in [0, 0.1) is 12.3 Å². The van der Waals surface area contributed by atoms with Crippen molar-refractivity contribution in [1.29, 1.82) is 0 Å². The predicted octanol–water partition coefficient (Wildman–Crippen LogP) is 2.83. The number of amides is 2. The van der Waals surface area contributed by atoms with E-state index in [1.54, 1.807) is 6.92 Å². The molecule has 0 atom stereocenters. The van der Waals surface area contributed by atoms with Crippen molar-refractivity contribution in [3.8, 4) is 5.75 Å². The molecule has 0 radical (unpaired) electrons. The normalized spacial score (nSPS) is 15.9. The fourth-order valence-corrected chi connectivity index (χ4v) is 2.06. The fraction of sp³-hybridized carbons (Fsp3) is 0.533. The maximum absolute atomic E-state index is 12.1. The molecule has 2 amide bonds. The Bertz CT molecular complexity index is 572. The number of anilines is 1. The molecule has 3 N–H and O–H groups in total. The largest absolute Gasteiger partial charge is 0.484 e. The summed E-state index contributed by atoms with van der Waals surface area (Å²) in [4.78, 5) is 11.8. The number of alkyl halides is 3. The topological polar surface area (TPSA) is 70.6 Å². The number of urea groups is 1. The first-order valence-electron chi connectivity index (χ1n) is 7.19. The van der Waals surface area contributed by atoms with Crippen molar-refractivity contribution in [2.45, 2.75) is 25.9 Å². The first-order valence-corrected chi connectivity index (χ1v) is 7.19. The number of carbonyl (C=O) groups excluding carboxylic acids is 1. The van der Waals surface area contributed by atoms with Crippen molar-refractivity contribution in [3.63, 3.8) is 0 Å². The Hall–Kier alpha value is -1.96. The van der Waals surface area contributed by atoms with Gasteiger partial charge in [-0.05, 0) is 43.5 Å². The van der Waals surface area contributed by atoms with Gasteiger partial charge in [0.1, 0.15) is 5.75 Å². The summed E-state index contributed by atoms with van der Waals surface area (Å²) >= 11 is 0. The number of carbonyl (C=O) groups is 1. The molecule has 8 heteroatoms. The van der Waals surface area contributed by atoms with Crippen LogP contribution in [0.3, 0.4) is 0 Å². The zero-order chi connectivity index (χ0) is 17.1.